The summed E-state index contributed by atoms with van der Waals surface area (Å²) in [6.45, 7) is 0.978. The molecule has 0 unspecified atom stereocenters. The van der Waals surface area contributed by atoms with Crippen LogP contribution >= 0.6 is 0 Å². The van der Waals surface area contributed by atoms with E-state index < -0.39 is 31.9 Å². The molecule has 2 N–H and O–H groups in total. The number of hydrogen-bond acceptors (Lipinski definition) is 7. The second-order valence-electron chi connectivity index (χ2n) is 8.51. The number of alkyl halides is 3. The van der Waals surface area contributed by atoms with Gasteiger partial charge in [0.2, 0.25) is 15.8 Å². The number of anilines is 1. The number of piperidine rings is 1. The summed E-state index contributed by atoms with van der Waals surface area (Å²) in [5, 5.41) is 5.20. The first-order chi connectivity index (χ1) is 16.7. The van der Waals surface area contributed by atoms with E-state index in [1.165, 1.54) is 48.5 Å². The summed E-state index contributed by atoms with van der Waals surface area (Å²) in [4.78, 5) is 9.38. The number of sulfonamides is 1. The number of rotatable bonds is 5. The van der Waals surface area contributed by atoms with Crippen LogP contribution in [0.5, 0.6) is 0 Å². The minimum Gasteiger partial charge on any atom is -0.356 e. The Labute approximate surface area is 207 Å². The van der Waals surface area contributed by atoms with Gasteiger partial charge in [-0.15, -0.1) is 0 Å². The Kier molecular flexibility index (Phi) is 6.84. The Morgan fingerprint density at radius 2 is 1.33 bits per heavy atom. The number of primary sulfonamides is 1. The van der Waals surface area contributed by atoms with Gasteiger partial charge >= 0.3 is 6.18 Å². The highest BCUT2D eigenvalue weighted by Gasteiger charge is 2.37. The summed E-state index contributed by atoms with van der Waals surface area (Å²) < 4.78 is 88.8. The summed E-state index contributed by atoms with van der Waals surface area (Å²) in [5.74, 6) is -1.25. The van der Waals surface area contributed by atoms with E-state index in [1.54, 1.807) is 4.90 Å². The van der Waals surface area contributed by atoms with Crippen molar-refractivity contribution in [3.05, 3.63) is 54.4 Å². The molecule has 36 heavy (non-hydrogen) atoms. The summed E-state index contributed by atoms with van der Waals surface area (Å²) in [5.41, 5.74) is 0.859. The molecule has 0 amide bonds. The summed E-state index contributed by atoms with van der Waals surface area (Å²) in [7, 11) is -7.52. The van der Waals surface area contributed by atoms with Crippen LogP contribution < -0.4 is 10.0 Å². The molecular weight excluding hydrogens is 517 g/mol. The van der Waals surface area contributed by atoms with Crippen molar-refractivity contribution in [1.29, 1.82) is 0 Å². The van der Waals surface area contributed by atoms with Gasteiger partial charge in [0.1, 0.15) is 5.82 Å². The van der Waals surface area contributed by atoms with Crippen molar-refractivity contribution in [2.45, 2.75) is 35.2 Å². The Hall–Kier alpha value is -3.03. The standard InChI is InChI=1S/C23H23F3N4O4S2/c1-35(31,32)17-9-7-16(8-10-17)20-19(15-5-11-18(12-6-15)36(27,33)34)21(30-13-3-2-4-14-30)29-22(28-20)23(24,25)26/h5-12H,2-4,13-14H2,1H3,(H2,27,33,34). The second-order valence-corrected chi connectivity index (χ2v) is 12.1. The zero-order valence-corrected chi connectivity index (χ0v) is 20.8. The molecule has 0 radical (unpaired) electrons. The number of hydrogen-bond donors (Lipinski definition) is 1. The average Bonchev–Trinajstić information content (AvgIpc) is 2.82. The van der Waals surface area contributed by atoms with Crippen LogP contribution in [0.1, 0.15) is 25.1 Å². The molecule has 13 heteroatoms. The molecule has 1 aromatic heterocycles. The highest BCUT2D eigenvalue weighted by molar-refractivity contribution is 7.90. The summed E-state index contributed by atoms with van der Waals surface area (Å²) in [6, 6.07) is 10.8. The van der Waals surface area contributed by atoms with Gasteiger partial charge in [-0.3, -0.25) is 0 Å². The van der Waals surface area contributed by atoms with E-state index in [0.717, 1.165) is 25.5 Å². The van der Waals surface area contributed by atoms with Gasteiger partial charge in [0.25, 0.3) is 0 Å². The normalized spacial score (nSPS) is 15.2. The van der Waals surface area contributed by atoms with E-state index in [2.05, 4.69) is 9.97 Å². The number of nitrogens with two attached hydrogens (primary N) is 1. The van der Waals surface area contributed by atoms with Gasteiger partial charge in [-0.1, -0.05) is 24.3 Å². The van der Waals surface area contributed by atoms with Crippen LogP contribution in [-0.2, 0) is 26.0 Å². The molecule has 2 aromatic carbocycles. The molecule has 0 aliphatic carbocycles. The topological polar surface area (TPSA) is 123 Å². The number of sulfone groups is 1. The fourth-order valence-electron chi connectivity index (χ4n) is 4.06. The quantitative estimate of drug-likeness (QED) is 0.521. The third kappa shape index (κ3) is 5.52. The van der Waals surface area contributed by atoms with Crippen LogP contribution in [0.25, 0.3) is 22.4 Å². The van der Waals surface area contributed by atoms with Gasteiger partial charge in [-0.05, 0) is 49.1 Å². The van der Waals surface area contributed by atoms with Crippen LogP contribution in [0.4, 0.5) is 19.0 Å². The lowest BCUT2D eigenvalue weighted by atomic mass is 9.98. The van der Waals surface area contributed by atoms with Crippen LogP contribution in [0, 0.1) is 0 Å². The molecule has 0 spiro atoms. The molecule has 8 nitrogen and oxygen atoms in total. The summed E-state index contributed by atoms with van der Waals surface area (Å²) in [6.07, 6.45) is -1.32. The van der Waals surface area contributed by atoms with E-state index in [1.807, 2.05) is 0 Å². The zero-order valence-electron chi connectivity index (χ0n) is 19.2. The lowest BCUT2D eigenvalue weighted by Crippen LogP contribution is -2.32. The maximum absolute atomic E-state index is 13.9. The van der Waals surface area contributed by atoms with E-state index in [-0.39, 0.29) is 32.4 Å². The Balaban J connectivity index is 2.01. The van der Waals surface area contributed by atoms with Crippen molar-refractivity contribution >= 4 is 25.7 Å². The van der Waals surface area contributed by atoms with Gasteiger partial charge in [0, 0.05) is 24.9 Å². The third-order valence-corrected chi connectivity index (χ3v) is 7.88. The Morgan fingerprint density at radius 1 is 0.806 bits per heavy atom. The molecule has 1 aliphatic heterocycles. The molecule has 0 atom stereocenters. The largest absolute Gasteiger partial charge is 0.451 e. The molecule has 0 bridgehead atoms. The molecule has 3 aromatic rings. The molecule has 0 saturated carbocycles. The first-order valence-electron chi connectivity index (χ1n) is 10.9. The van der Waals surface area contributed by atoms with Crippen LogP contribution in [0.2, 0.25) is 0 Å². The maximum atomic E-state index is 13.9. The average molecular weight is 541 g/mol. The minimum atomic E-state index is -4.83. The highest BCUT2D eigenvalue weighted by atomic mass is 32.2. The van der Waals surface area contributed by atoms with Crippen molar-refractivity contribution < 1.29 is 30.0 Å². The molecule has 192 valence electrons. The van der Waals surface area contributed by atoms with E-state index in [0.29, 0.717) is 18.7 Å². The molecule has 1 saturated heterocycles. The summed E-state index contributed by atoms with van der Waals surface area (Å²) >= 11 is 0. The van der Waals surface area contributed by atoms with Crippen molar-refractivity contribution in [1.82, 2.24) is 9.97 Å². The van der Waals surface area contributed by atoms with Gasteiger partial charge in [-0.25, -0.2) is 31.9 Å². The SMILES string of the molecule is CS(=O)(=O)c1ccc(-c2nc(C(F)(F)F)nc(N3CCCCC3)c2-c2ccc(S(N)(=O)=O)cc2)cc1. The predicted octanol–water partition coefficient (Wildman–Crippen LogP) is 3.87. The van der Waals surface area contributed by atoms with E-state index >= 15 is 0 Å². The lowest BCUT2D eigenvalue weighted by molar-refractivity contribution is -0.144. The fraction of sp³-hybridized carbons (Fsp3) is 0.304. The molecular formula is C23H23F3N4O4S2. The number of nitrogens with zero attached hydrogens (tertiary/aromatic N) is 3. The Morgan fingerprint density at radius 3 is 1.83 bits per heavy atom. The first-order valence-corrected chi connectivity index (χ1v) is 14.4. The van der Waals surface area contributed by atoms with Crippen LogP contribution in [0.15, 0.2) is 58.3 Å². The second kappa shape index (κ2) is 9.45. The number of aromatic nitrogens is 2. The fourth-order valence-corrected chi connectivity index (χ4v) is 5.20. The van der Waals surface area contributed by atoms with Gasteiger partial charge in [0.05, 0.1) is 21.0 Å². The monoisotopic (exact) mass is 540 g/mol. The Bertz CT molecular complexity index is 1480. The molecule has 2 heterocycles. The van der Waals surface area contributed by atoms with Crippen molar-refractivity contribution in [3.8, 4) is 22.4 Å². The molecule has 4 rings (SSSR count). The van der Waals surface area contributed by atoms with E-state index in [4.69, 9.17) is 5.14 Å². The highest BCUT2D eigenvalue weighted by Crippen LogP contribution is 2.41. The molecule has 1 aliphatic rings. The van der Waals surface area contributed by atoms with Crippen molar-refractivity contribution in [2.75, 3.05) is 24.2 Å². The number of halogens is 3. The smallest absolute Gasteiger partial charge is 0.356 e. The zero-order chi connectivity index (χ0) is 26.3. The van der Waals surface area contributed by atoms with Crippen LogP contribution in [-0.4, -0.2) is 46.1 Å². The van der Waals surface area contributed by atoms with E-state index in [9.17, 15) is 30.0 Å². The van der Waals surface area contributed by atoms with Crippen LogP contribution in [0.3, 0.4) is 0 Å². The lowest BCUT2D eigenvalue weighted by Gasteiger charge is -2.31. The number of benzene rings is 2. The minimum absolute atomic E-state index is 0.00617. The first kappa shape index (κ1) is 26.0. The molecule has 1 fully saturated rings. The van der Waals surface area contributed by atoms with Gasteiger partial charge < -0.3 is 4.90 Å². The maximum Gasteiger partial charge on any atom is 0.451 e. The third-order valence-electron chi connectivity index (χ3n) is 5.83. The van der Waals surface area contributed by atoms with Crippen molar-refractivity contribution in [2.24, 2.45) is 5.14 Å². The predicted molar refractivity (Wildman–Crippen MR) is 128 cm³/mol. The van der Waals surface area contributed by atoms with Crippen molar-refractivity contribution in [3.63, 3.8) is 0 Å². The van der Waals surface area contributed by atoms with Gasteiger partial charge in [0.15, 0.2) is 9.84 Å². The van der Waals surface area contributed by atoms with Gasteiger partial charge in [-0.2, -0.15) is 13.2 Å².